The van der Waals surface area contributed by atoms with Crippen molar-refractivity contribution in [3.05, 3.63) is 52.2 Å². The topological polar surface area (TPSA) is 59.8 Å². The summed E-state index contributed by atoms with van der Waals surface area (Å²) < 4.78 is 1.99. The van der Waals surface area contributed by atoms with E-state index >= 15 is 0 Å². The molecule has 0 aliphatic heterocycles. The average Bonchev–Trinajstić information content (AvgIpc) is 3.07. The Labute approximate surface area is 132 Å². The summed E-state index contributed by atoms with van der Waals surface area (Å²) in [6.07, 6.45) is 3.21. The highest BCUT2D eigenvalue weighted by Crippen LogP contribution is 2.14. The van der Waals surface area contributed by atoms with Crippen molar-refractivity contribution in [2.24, 2.45) is 7.05 Å². The molecule has 1 aromatic carbocycles. The highest BCUT2D eigenvalue weighted by molar-refractivity contribution is 7.09. The molecule has 22 heavy (non-hydrogen) atoms. The maximum absolute atomic E-state index is 11.9. The third kappa shape index (κ3) is 3.07. The standard InChI is InChI=1S/C16H16N4OS/c1-11-18-12(10-22-11)7-8-16(21)17-9-15-19-13-5-3-4-6-14(13)20(15)2/h3-8,10H,9H2,1-2H3,(H,17,21)/b8-7+. The summed E-state index contributed by atoms with van der Waals surface area (Å²) in [7, 11) is 1.95. The van der Waals surface area contributed by atoms with Gasteiger partial charge in [-0.15, -0.1) is 11.3 Å². The van der Waals surface area contributed by atoms with Gasteiger partial charge in [0.25, 0.3) is 0 Å². The summed E-state index contributed by atoms with van der Waals surface area (Å²) in [5.74, 6) is 0.671. The molecule has 0 saturated heterocycles. The van der Waals surface area contributed by atoms with Crippen LogP contribution in [0.15, 0.2) is 35.7 Å². The molecule has 112 valence electrons. The van der Waals surface area contributed by atoms with E-state index in [0.29, 0.717) is 6.54 Å². The zero-order chi connectivity index (χ0) is 15.5. The van der Waals surface area contributed by atoms with E-state index in [4.69, 9.17) is 0 Å². The number of carbonyl (C=O) groups is 1. The van der Waals surface area contributed by atoms with Crippen LogP contribution in [0.25, 0.3) is 17.1 Å². The molecule has 2 aromatic heterocycles. The summed E-state index contributed by atoms with van der Waals surface area (Å²) in [4.78, 5) is 20.7. The molecule has 0 bridgehead atoms. The lowest BCUT2D eigenvalue weighted by Crippen LogP contribution is -2.22. The largest absolute Gasteiger partial charge is 0.345 e. The number of aryl methyl sites for hydroxylation is 2. The lowest BCUT2D eigenvalue weighted by Gasteiger charge is -2.03. The summed E-state index contributed by atoms with van der Waals surface area (Å²) in [5, 5.41) is 5.75. The van der Waals surface area contributed by atoms with Crippen LogP contribution in [0.3, 0.4) is 0 Å². The summed E-state index contributed by atoms with van der Waals surface area (Å²) >= 11 is 1.56. The van der Waals surface area contributed by atoms with E-state index in [-0.39, 0.29) is 5.91 Å². The summed E-state index contributed by atoms with van der Waals surface area (Å²) in [6.45, 7) is 2.33. The molecular formula is C16H16N4OS. The molecule has 1 amide bonds. The molecule has 1 N–H and O–H groups in total. The molecule has 0 aliphatic rings. The highest BCUT2D eigenvalue weighted by Gasteiger charge is 2.07. The lowest BCUT2D eigenvalue weighted by atomic mass is 10.3. The summed E-state index contributed by atoms with van der Waals surface area (Å²) in [6, 6.07) is 7.91. The second-order valence-corrected chi connectivity index (χ2v) is 5.98. The second kappa shape index (κ2) is 6.11. The quantitative estimate of drug-likeness (QED) is 0.754. The van der Waals surface area contributed by atoms with Gasteiger partial charge in [0.2, 0.25) is 5.91 Å². The van der Waals surface area contributed by atoms with E-state index in [9.17, 15) is 4.79 Å². The fourth-order valence-electron chi connectivity index (χ4n) is 2.20. The van der Waals surface area contributed by atoms with Crippen LogP contribution in [0.1, 0.15) is 16.5 Å². The Morgan fingerprint density at radius 1 is 1.36 bits per heavy atom. The fourth-order valence-corrected chi connectivity index (χ4v) is 2.78. The minimum atomic E-state index is -0.155. The number of nitrogens with one attached hydrogen (secondary N) is 1. The Morgan fingerprint density at radius 3 is 2.91 bits per heavy atom. The second-order valence-electron chi connectivity index (χ2n) is 4.92. The van der Waals surface area contributed by atoms with Gasteiger partial charge in [-0.25, -0.2) is 9.97 Å². The van der Waals surface area contributed by atoms with Crippen LogP contribution in [0.2, 0.25) is 0 Å². The Bertz CT molecular complexity index is 847. The van der Waals surface area contributed by atoms with E-state index in [0.717, 1.165) is 27.6 Å². The van der Waals surface area contributed by atoms with Gasteiger partial charge < -0.3 is 9.88 Å². The number of hydrogen-bond acceptors (Lipinski definition) is 4. The molecule has 3 aromatic rings. The van der Waals surface area contributed by atoms with Gasteiger partial charge in [-0.2, -0.15) is 0 Å². The van der Waals surface area contributed by atoms with Crippen molar-refractivity contribution in [2.45, 2.75) is 13.5 Å². The van der Waals surface area contributed by atoms with E-state index in [1.165, 1.54) is 6.08 Å². The van der Waals surface area contributed by atoms with Crippen LogP contribution in [-0.2, 0) is 18.4 Å². The van der Waals surface area contributed by atoms with Crippen molar-refractivity contribution in [1.29, 1.82) is 0 Å². The van der Waals surface area contributed by atoms with E-state index in [1.54, 1.807) is 17.4 Å². The molecule has 5 nitrogen and oxygen atoms in total. The zero-order valence-corrected chi connectivity index (χ0v) is 13.2. The smallest absolute Gasteiger partial charge is 0.244 e. The van der Waals surface area contributed by atoms with Crippen LogP contribution in [0.5, 0.6) is 0 Å². The maximum atomic E-state index is 11.9. The van der Waals surface area contributed by atoms with Gasteiger partial charge in [-0.1, -0.05) is 12.1 Å². The minimum Gasteiger partial charge on any atom is -0.345 e. The van der Waals surface area contributed by atoms with Gasteiger partial charge in [0.05, 0.1) is 28.3 Å². The first-order valence-electron chi connectivity index (χ1n) is 6.92. The van der Waals surface area contributed by atoms with Gasteiger partial charge >= 0.3 is 0 Å². The van der Waals surface area contributed by atoms with Crippen LogP contribution in [0.4, 0.5) is 0 Å². The number of fused-ring (bicyclic) bond motifs is 1. The number of hydrogen-bond donors (Lipinski definition) is 1. The third-order valence-corrected chi connectivity index (χ3v) is 4.13. The molecule has 0 unspecified atom stereocenters. The van der Waals surface area contributed by atoms with E-state index < -0.39 is 0 Å². The monoisotopic (exact) mass is 312 g/mol. The molecule has 0 fully saturated rings. The average molecular weight is 312 g/mol. The van der Waals surface area contributed by atoms with Crippen molar-refractivity contribution >= 4 is 34.4 Å². The Hall–Kier alpha value is -2.47. The number of para-hydroxylation sites is 2. The lowest BCUT2D eigenvalue weighted by molar-refractivity contribution is -0.116. The number of nitrogens with zero attached hydrogens (tertiary/aromatic N) is 3. The molecule has 6 heteroatoms. The summed E-state index contributed by atoms with van der Waals surface area (Å²) in [5.41, 5.74) is 2.79. The SMILES string of the molecule is Cc1nc(/C=C/C(=O)NCc2nc3ccccc3n2C)cs1. The molecule has 0 atom stereocenters. The van der Waals surface area contributed by atoms with Crippen molar-refractivity contribution in [2.75, 3.05) is 0 Å². The number of carbonyl (C=O) groups excluding carboxylic acids is 1. The van der Waals surface area contributed by atoms with E-state index in [1.807, 2.05) is 48.2 Å². The van der Waals surface area contributed by atoms with Gasteiger partial charge in [0.1, 0.15) is 5.82 Å². The van der Waals surface area contributed by atoms with Crippen molar-refractivity contribution in [3.8, 4) is 0 Å². The number of aromatic nitrogens is 3. The van der Waals surface area contributed by atoms with Gasteiger partial charge in [-0.05, 0) is 25.1 Å². The van der Waals surface area contributed by atoms with Crippen LogP contribution < -0.4 is 5.32 Å². The van der Waals surface area contributed by atoms with Crippen molar-refractivity contribution < 1.29 is 4.79 Å². The predicted molar refractivity (Wildman–Crippen MR) is 88.4 cm³/mol. The maximum Gasteiger partial charge on any atom is 0.244 e. The number of rotatable bonds is 4. The highest BCUT2D eigenvalue weighted by atomic mass is 32.1. The number of thiazole rings is 1. The normalized spacial score (nSPS) is 11.4. The van der Waals surface area contributed by atoms with Crippen molar-refractivity contribution in [1.82, 2.24) is 19.9 Å². The first kappa shape index (κ1) is 14.5. The van der Waals surface area contributed by atoms with Crippen LogP contribution in [0, 0.1) is 6.92 Å². The number of amides is 1. The molecule has 0 radical (unpaired) electrons. The van der Waals surface area contributed by atoms with Crippen LogP contribution >= 0.6 is 11.3 Å². The first-order chi connectivity index (χ1) is 10.6. The van der Waals surface area contributed by atoms with Gasteiger partial charge in [-0.3, -0.25) is 4.79 Å². The van der Waals surface area contributed by atoms with Gasteiger partial charge in [0, 0.05) is 18.5 Å². The minimum absolute atomic E-state index is 0.155. The Kier molecular flexibility index (Phi) is 4.02. The molecular weight excluding hydrogens is 296 g/mol. The third-order valence-electron chi connectivity index (χ3n) is 3.34. The molecule has 3 rings (SSSR count). The fraction of sp³-hybridized carbons (Fsp3) is 0.188. The molecule has 0 aliphatic carbocycles. The van der Waals surface area contributed by atoms with Crippen LogP contribution in [-0.4, -0.2) is 20.4 Å². The molecule has 0 saturated carbocycles. The van der Waals surface area contributed by atoms with E-state index in [2.05, 4.69) is 15.3 Å². The number of imidazole rings is 1. The number of benzene rings is 1. The first-order valence-corrected chi connectivity index (χ1v) is 7.80. The Morgan fingerprint density at radius 2 is 2.18 bits per heavy atom. The van der Waals surface area contributed by atoms with Crippen molar-refractivity contribution in [3.63, 3.8) is 0 Å². The predicted octanol–water partition coefficient (Wildman–Crippen LogP) is 2.67. The zero-order valence-electron chi connectivity index (χ0n) is 12.4. The molecule has 2 heterocycles. The Balaban J connectivity index is 1.65. The van der Waals surface area contributed by atoms with Gasteiger partial charge in [0.15, 0.2) is 0 Å². The molecule has 0 spiro atoms.